The first-order chi connectivity index (χ1) is 8.76. The molecule has 1 aliphatic rings. The molecule has 0 spiro atoms. The smallest absolute Gasteiger partial charge is 0.147 e. The van der Waals surface area contributed by atoms with Gasteiger partial charge in [-0.15, -0.1) is 0 Å². The van der Waals surface area contributed by atoms with Crippen LogP contribution in [0.15, 0.2) is 12.4 Å². The number of hydrogen-bond acceptors (Lipinski definition) is 4. The van der Waals surface area contributed by atoms with E-state index in [0.717, 1.165) is 18.9 Å². The molecule has 1 aromatic heterocycles. The Balaban J connectivity index is 1.99. The summed E-state index contributed by atoms with van der Waals surface area (Å²) in [6, 6.07) is 0.160. The molecule has 2 rings (SSSR count). The molecule has 1 saturated heterocycles. The van der Waals surface area contributed by atoms with Crippen molar-refractivity contribution in [2.75, 3.05) is 19.8 Å². The number of aryl methyl sites for hydroxylation is 1. The van der Waals surface area contributed by atoms with Gasteiger partial charge in [0.2, 0.25) is 0 Å². The van der Waals surface area contributed by atoms with Gasteiger partial charge >= 0.3 is 0 Å². The molecule has 1 fully saturated rings. The van der Waals surface area contributed by atoms with Gasteiger partial charge in [-0.05, 0) is 13.5 Å². The minimum absolute atomic E-state index is 0.0352. The number of nitrogens with one attached hydrogen (secondary N) is 1. The van der Waals surface area contributed by atoms with Crippen LogP contribution in [0.4, 0.5) is 0 Å². The Morgan fingerprint density at radius 1 is 1.56 bits per heavy atom. The Morgan fingerprint density at radius 2 is 2.39 bits per heavy atom. The second-order valence-corrected chi connectivity index (χ2v) is 4.58. The van der Waals surface area contributed by atoms with Gasteiger partial charge in [0.25, 0.3) is 0 Å². The first-order valence-electron chi connectivity index (χ1n) is 6.60. The number of aromatic nitrogens is 2. The highest BCUT2D eigenvalue weighted by atomic mass is 16.5. The lowest BCUT2D eigenvalue weighted by molar-refractivity contribution is -0.122. The summed E-state index contributed by atoms with van der Waals surface area (Å²) in [6.07, 6.45) is 4.06. The third-order valence-corrected chi connectivity index (χ3v) is 3.44. The third kappa shape index (κ3) is 2.79. The maximum Gasteiger partial charge on any atom is 0.147 e. The standard InChI is InChI=1S/C13H21N3O2/c1-3-14-11-9-18-8-10(11)12(17)7-13-15-5-6-16(13)4-2/h5-6,10-11,14H,3-4,7-9H2,1-2H3. The van der Waals surface area contributed by atoms with Crippen molar-refractivity contribution in [1.29, 1.82) is 0 Å². The van der Waals surface area contributed by atoms with Gasteiger partial charge < -0.3 is 14.6 Å². The van der Waals surface area contributed by atoms with E-state index < -0.39 is 0 Å². The second kappa shape index (κ2) is 6.11. The number of nitrogens with zero attached hydrogens (tertiary/aromatic N) is 2. The molecule has 2 heterocycles. The highest BCUT2D eigenvalue weighted by molar-refractivity contribution is 5.83. The molecule has 0 bridgehead atoms. The van der Waals surface area contributed by atoms with Gasteiger partial charge in [-0.2, -0.15) is 0 Å². The maximum absolute atomic E-state index is 12.3. The van der Waals surface area contributed by atoms with Crippen LogP contribution in [0.2, 0.25) is 0 Å². The van der Waals surface area contributed by atoms with Gasteiger partial charge in [0.15, 0.2) is 0 Å². The Morgan fingerprint density at radius 3 is 3.11 bits per heavy atom. The van der Waals surface area contributed by atoms with Crippen LogP contribution in [0.1, 0.15) is 19.7 Å². The van der Waals surface area contributed by atoms with E-state index in [4.69, 9.17) is 4.74 Å². The normalized spacial score (nSPS) is 23.4. The fourth-order valence-electron chi connectivity index (χ4n) is 2.42. The van der Waals surface area contributed by atoms with Gasteiger partial charge in [0.05, 0.1) is 25.6 Å². The summed E-state index contributed by atoms with van der Waals surface area (Å²) >= 11 is 0. The molecule has 5 heteroatoms. The monoisotopic (exact) mass is 251 g/mol. The number of hydrogen-bond donors (Lipinski definition) is 1. The summed E-state index contributed by atoms with van der Waals surface area (Å²) in [5.41, 5.74) is 0. The predicted octanol–water partition coefficient (Wildman–Crippen LogP) is 0.639. The number of likely N-dealkylation sites (N-methyl/N-ethyl adjacent to an activating group) is 1. The molecule has 2 unspecified atom stereocenters. The van der Waals surface area contributed by atoms with E-state index in [9.17, 15) is 4.79 Å². The van der Waals surface area contributed by atoms with Gasteiger partial charge in [-0.1, -0.05) is 6.92 Å². The fourth-order valence-corrected chi connectivity index (χ4v) is 2.42. The number of rotatable bonds is 6. The summed E-state index contributed by atoms with van der Waals surface area (Å²) in [5, 5.41) is 3.31. The minimum Gasteiger partial charge on any atom is -0.379 e. The van der Waals surface area contributed by atoms with Crippen molar-refractivity contribution in [3.05, 3.63) is 18.2 Å². The van der Waals surface area contributed by atoms with Crippen LogP contribution in [0.3, 0.4) is 0 Å². The molecular weight excluding hydrogens is 230 g/mol. The van der Waals surface area contributed by atoms with Crippen LogP contribution in [0.5, 0.6) is 0 Å². The summed E-state index contributed by atoms with van der Waals surface area (Å²) < 4.78 is 7.42. The predicted molar refractivity (Wildman–Crippen MR) is 68.4 cm³/mol. The molecule has 5 nitrogen and oxygen atoms in total. The van der Waals surface area contributed by atoms with Gasteiger partial charge in [-0.25, -0.2) is 4.98 Å². The van der Waals surface area contributed by atoms with E-state index in [-0.39, 0.29) is 17.7 Å². The molecule has 0 saturated carbocycles. The zero-order chi connectivity index (χ0) is 13.0. The number of Topliss-reactive ketones (excluding diaryl/α,β-unsaturated/α-hetero) is 1. The lowest BCUT2D eigenvalue weighted by Crippen LogP contribution is -2.39. The van der Waals surface area contributed by atoms with Gasteiger partial charge in [-0.3, -0.25) is 4.79 Å². The van der Waals surface area contributed by atoms with Crippen molar-refractivity contribution in [3.63, 3.8) is 0 Å². The van der Waals surface area contributed by atoms with Crippen LogP contribution in [0.25, 0.3) is 0 Å². The van der Waals surface area contributed by atoms with Gasteiger partial charge in [0, 0.05) is 25.0 Å². The average molecular weight is 251 g/mol. The molecule has 1 N–H and O–H groups in total. The van der Waals surface area contributed by atoms with Crippen LogP contribution in [0, 0.1) is 5.92 Å². The number of ketones is 1. The first-order valence-corrected chi connectivity index (χ1v) is 6.60. The highest BCUT2D eigenvalue weighted by Crippen LogP contribution is 2.17. The Kier molecular flexibility index (Phi) is 4.49. The molecule has 18 heavy (non-hydrogen) atoms. The largest absolute Gasteiger partial charge is 0.379 e. The first kappa shape index (κ1) is 13.2. The minimum atomic E-state index is -0.0352. The summed E-state index contributed by atoms with van der Waals surface area (Å²) in [5.74, 6) is 1.04. The molecule has 0 aliphatic carbocycles. The lowest BCUT2D eigenvalue weighted by atomic mass is 9.96. The number of ether oxygens (including phenoxy) is 1. The number of carbonyl (C=O) groups is 1. The lowest BCUT2D eigenvalue weighted by Gasteiger charge is -2.17. The molecule has 1 aliphatic heterocycles. The van der Waals surface area contributed by atoms with Crippen LogP contribution >= 0.6 is 0 Å². The van der Waals surface area contributed by atoms with Crippen molar-refractivity contribution in [2.45, 2.75) is 32.9 Å². The van der Waals surface area contributed by atoms with Crippen molar-refractivity contribution < 1.29 is 9.53 Å². The van der Waals surface area contributed by atoms with Crippen LogP contribution in [-0.4, -0.2) is 41.1 Å². The second-order valence-electron chi connectivity index (χ2n) is 4.58. The van der Waals surface area contributed by atoms with E-state index in [1.807, 2.05) is 17.7 Å². The van der Waals surface area contributed by atoms with E-state index in [1.54, 1.807) is 6.20 Å². The van der Waals surface area contributed by atoms with Crippen molar-refractivity contribution in [1.82, 2.24) is 14.9 Å². The summed E-state index contributed by atoms with van der Waals surface area (Å²) in [7, 11) is 0. The van der Waals surface area contributed by atoms with E-state index >= 15 is 0 Å². The number of carbonyl (C=O) groups excluding carboxylic acids is 1. The summed E-state index contributed by atoms with van der Waals surface area (Å²) in [6.45, 7) is 6.97. The molecule has 0 amide bonds. The van der Waals surface area contributed by atoms with E-state index in [1.165, 1.54) is 0 Å². The molecule has 0 radical (unpaired) electrons. The Hall–Kier alpha value is -1.20. The zero-order valence-corrected chi connectivity index (χ0v) is 11.1. The van der Waals surface area contributed by atoms with Crippen molar-refractivity contribution in [3.8, 4) is 0 Å². The van der Waals surface area contributed by atoms with Gasteiger partial charge in [0.1, 0.15) is 11.6 Å². The third-order valence-electron chi connectivity index (χ3n) is 3.44. The SMILES string of the molecule is CCNC1COCC1C(=O)Cc1nccn1CC. The Bertz CT molecular complexity index is 403. The van der Waals surface area contributed by atoms with E-state index in [2.05, 4.69) is 17.2 Å². The number of imidazole rings is 1. The molecule has 0 aromatic carbocycles. The summed E-state index contributed by atoms with van der Waals surface area (Å²) in [4.78, 5) is 16.5. The molecule has 2 atom stereocenters. The fraction of sp³-hybridized carbons (Fsp3) is 0.692. The highest BCUT2D eigenvalue weighted by Gasteiger charge is 2.33. The van der Waals surface area contributed by atoms with E-state index in [0.29, 0.717) is 19.6 Å². The van der Waals surface area contributed by atoms with Crippen molar-refractivity contribution in [2.24, 2.45) is 5.92 Å². The molecule has 100 valence electrons. The average Bonchev–Trinajstić information content (AvgIpc) is 2.98. The quantitative estimate of drug-likeness (QED) is 0.806. The Labute approximate surface area is 108 Å². The zero-order valence-electron chi connectivity index (χ0n) is 11.1. The van der Waals surface area contributed by atoms with Crippen molar-refractivity contribution >= 4 is 5.78 Å². The molecular formula is C13H21N3O2. The topological polar surface area (TPSA) is 56.1 Å². The van der Waals surface area contributed by atoms with Crippen LogP contribution < -0.4 is 5.32 Å². The van der Waals surface area contributed by atoms with Crippen LogP contribution in [-0.2, 0) is 22.5 Å². The molecule has 1 aromatic rings. The maximum atomic E-state index is 12.3.